The zero-order valence-corrected chi connectivity index (χ0v) is 23.6. The Morgan fingerprint density at radius 1 is 0.605 bits per heavy atom. The van der Waals surface area contributed by atoms with Gasteiger partial charge in [-0.3, -0.25) is 0 Å². The predicted molar refractivity (Wildman–Crippen MR) is 160 cm³/mol. The van der Waals surface area contributed by atoms with Crippen LogP contribution in [0.1, 0.15) is 40.8 Å². The summed E-state index contributed by atoms with van der Waals surface area (Å²) in [6.45, 7) is 3.56. The fraction of sp³-hybridized carbons (Fsp3) is 0.226. The average molecular weight is 667 g/mol. The summed E-state index contributed by atoms with van der Waals surface area (Å²) in [5.41, 5.74) is 3.82. The summed E-state index contributed by atoms with van der Waals surface area (Å²) in [6.07, 6.45) is -8.88. The normalized spacial score (nSPS) is 13.4. The molecule has 0 spiro atoms. The quantitative estimate of drug-likeness (QED) is 0.137. The van der Waals surface area contributed by atoms with Crippen LogP contribution < -0.4 is 16.1 Å². The number of nitrogens with one attached hydrogen (secondary N) is 2. The van der Waals surface area contributed by atoms with Crippen molar-refractivity contribution in [3.63, 3.8) is 0 Å². The van der Waals surface area contributed by atoms with Gasteiger partial charge in [0.25, 0.3) is 0 Å². The van der Waals surface area contributed by atoms with E-state index in [1.54, 1.807) is 12.1 Å². The highest BCUT2D eigenvalue weighted by atomic mass is 79.9. The first-order valence-electron chi connectivity index (χ1n) is 12.8. The van der Waals surface area contributed by atoms with Crippen LogP contribution in [0.3, 0.4) is 0 Å². The van der Waals surface area contributed by atoms with E-state index in [0.29, 0.717) is 5.56 Å². The topological polar surface area (TPSA) is 64.5 Å². The maximum Gasteiger partial charge on any atom is 0.489 e. The second kappa shape index (κ2) is 14.5. The van der Waals surface area contributed by atoms with E-state index >= 15 is 0 Å². The molecule has 4 aromatic rings. The van der Waals surface area contributed by atoms with Gasteiger partial charge in [0.1, 0.15) is 0 Å². The Hall–Kier alpha value is -3.16. The third kappa shape index (κ3) is 8.93. The van der Waals surface area contributed by atoms with Crippen molar-refractivity contribution in [2.24, 2.45) is 0 Å². The van der Waals surface area contributed by atoms with Gasteiger partial charge in [-0.05, 0) is 63.1 Å². The SMILES string of the molecule is Brc1ccc2c(c1)CNC2.C.FC(F)(F)c1ccccc1-c1ccc2c(c1)CNC2.OB(O)c1ccccc1C(F)(F)F. The van der Waals surface area contributed by atoms with Crippen molar-refractivity contribution in [3.8, 4) is 11.1 Å². The number of alkyl halides is 6. The van der Waals surface area contributed by atoms with Crippen LogP contribution in [0, 0.1) is 0 Å². The Bertz CT molecular complexity index is 1530. The van der Waals surface area contributed by atoms with Gasteiger partial charge in [-0.25, -0.2) is 0 Å². The molecule has 2 aliphatic rings. The first-order chi connectivity index (χ1) is 19.8. The predicted octanol–water partition coefficient (Wildman–Crippen LogP) is 7.05. The zero-order valence-electron chi connectivity index (χ0n) is 22.0. The first-order valence-corrected chi connectivity index (χ1v) is 13.6. The van der Waals surface area contributed by atoms with Gasteiger partial charge in [-0.2, -0.15) is 26.3 Å². The lowest BCUT2D eigenvalue weighted by Gasteiger charge is -2.13. The summed E-state index contributed by atoms with van der Waals surface area (Å²) < 4.78 is 76.7. The molecule has 0 aliphatic carbocycles. The molecule has 4 nitrogen and oxygen atoms in total. The van der Waals surface area contributed by atoms with Gasteiger partial charge in [0.2, 0.25) is 0 Å². The van der Waals surface area contributed by atoms with Crippen molar-refractivity contribution < 1.29 is 36.4 Å². The highest BCUT2D eigenvalue weighted by Gasteiger charge is 2.35. The molecule has 0 fully saturated rings. The van der Waals surface area contributed by atoms with E-state index in [9.17, 15) is 26.3 Å². The zero-order chi connectivity index (χ0) is 30.5. The molecule has 0 radical (unpaired) electrons. The third-order valence-electron chi connectivity index (χ3n) is 6.72. The van der Waals surface area contributed by atoms with E-state index in [4.69, 9.17) is 10.0 Å². The monoisotopic (exact) mass is 666 g/mol. The standard InChI is InChI=1S/C15H12F3N.C8H8BrN.C7H6BF3O2.CH4/c16-15(17,18)14-4-2-1-3-13(14)10-5-6-11-8-19-9-12(11)7-10;9-8-2-1-6-4-10-5-7(6)3-8;9-7(10,11)5-3-1-2-4-6(5)8(12)13;/h1-7,19H,8-9H2;1-3,10H,4-5H2;1-4,12-13H;1H4. The van der Waals surface area contributed by atoms with Crippen LogP contribution in [-0.4, -0.2) is 17.2 Å². The number of benzene rings is 4. The molecule has 0 saturated carbocycles. The van der Waals surface area contributed by atoms with Gasteiger partial charge in [-0.1, -0.05) is 84.0 Å². The van der Waals surface area contributed by atoms with Crippen LogP contribution in [0.15, 0.2) is 89.4 Å². The van der Waals surface area contributed by atoms with E-state index in [0.717, 1.165) is 55.5 Å². The molecule has 6 rings (SSSR count). The van der Waals surface area contributed by atoms with E-state index in [1.807, 2.05) is 12.1 Å². The van der Waals surface area contributed by atoms with Gasteiger partial charge < -0.3 is 20.7 Å². The smallest absolute Gasteiger partial charge is 0.423 e. The molecule has 0 unspecified atom stereocenters. The number of hydrogen-bond donors (Lipinski definition) is 4. The van der Waals surface area contributed by atoms with Crippen molar-refractivity contribution in [3.05, 3.63) is 123 Å². The van der Waals surface area contributed by atoms with E-state index < -0.39 is 36.1 Å². The Labute approximate surface area is 255 Å². The largest absolute Gasteiger partial charge is 0.489 e. The lowest BCUT2D eigenvalue weighted by atomic mass is 9.77. The molecule has 0 amide bonds. The van der Waals surface area contributed by atoms with Crippen molar-refractivity contribution >= 4 is 28.5 Å². The van der Waals surface area contributed by atoms with Gasteiger partial charge in [0.15, 0.2) is 0 Å². The molecule has 2 heterocycles. The Morgan fingerprint density at radius 3 is 1.65 bits per heavy atom. The summed E-state index contributed by atoms with van der Waals surface area (Å²) in [7, 11) is -2.10. The minimum Gasteiger partial charge on any atom is -0.423 e. The number of rotatable bonds is 2. The third-order valence-corrected chi connectivity index (χ3v) is 7.22. The van der Waals surface area contributed by atoms with Crippen LogP contribution in [0.5, 0.6) is 0 Å². The molecular formula is C31H30BBrF6N2O2. The molecule has 43 heavy (non-hydrogen) atoms. The van der Waals surface area contributed by atoms with Gasteiger partial charge >= 0.3 is 19.5 Å². The minimum absolute atomic E-state index is 0. The summed E-state index contributed by atoms with van der Waals surface area (Å²) in [6, 6.07) is 22.0. The lowest BCUT2D eigenvalue weighted by Crippen LogP contribution is -2.35. The number of halogens is 7. The average Bonchev–Trinajstić information content (AvgIpc) is 3.61. The van der Waals surface area contributed by atoms with Crippen LogP contribution >= 0.6 is 15.9 Å². The van der Waals surface area contributed by atoms with Gasteiger partial charge in [-0.15, -0.1) is 0 Å². The van der Waals surface area contributed by atoms with Gasteiger partial charge in [0.05, 0.1) is 11.1 Å². The lowest BCUT2D eigenvalue weighted by molar-refractivity contribution is -0.137. The van der Waals surface area contributed by atoms with Crippen molar-refractivity contribution in [1.29, 1.82) is 0 Å². The number of fused-ring (bicyclic) bond motifs is 2. The van der Waals surface area contributed by atoms with E-state index in [2.05, 4.69) is 44.8 Å². The molecule has 4 aromatic carbocycles. The minimum atomic E-state index is -4.56. The Balaban J connectivity index is 0.000000185. The van der Waals surface area contributed by atoms with E-state index in [1.165, 1.54) is 39.9 Å². The maximum absolute atomic E-state index is 13.0. The Morgan fingerprint density at radius 2 is 1.09 bits per heavy atom. The molecular weight excluding hydrogens is 637 g/mol. The van der Waals surface area contributed by atoms with Crippen LogP contribution in [0.4, 0.5) is 26.3 Å². The van der Waals surface area contributed by atoms with Crippen molar-refractivity contribution in [1.82, 2.24) is 10.6 Å². The molecule has 0 bridgehead atoms. The van der Waals surface area contributed by atoms with Crippen molar-refractivity contribution in [2.45, 2.75) is 46.0 Å². The fourth-order valence-corrected chi connectivity index (χ4v) is 5.10. The summed E-state index contributed by atoms with van der Waals surface area (Å²) in [5, 5.41) is 23.7. The fourth-order valence-electron chi connectivity index (χ4n) is 4.69. The summed E-state index contributed by atoms with van der Waals surface area (Å²) >= 11 is 3.44. The summed E-state index contributed by atoms with van der Waals surface area (Å²) in [5.74, 6) is 0. The second-order valence-corrected chi connectivity index (χ2v) is 10.5. The van der Waals surface area contributed by atoms with Crippen LogP contribution in [-0.2, 0) is 38.5 Å². The van der Waals surface area contributed by atoms with Crippen LogP contribution in [0.2, 0.25) is 0 Å². The van der Waals surface area contributed by atoms with Gasteiger partial charge in [0, 0.05) is 30.7 Å². The molecule has 2 aliphatic heterocycles. The molecule has 0 atom stereocenters. The molecule has 228 valence electrons. The molecule has 4 N–H and O–H groups in total. The molecule has 12 heteroatoms. The number of hydrogen-bond acceptors (Lipinski definition) is 4. The first kappa shape index (κ1) is 34.3. The summed E-state index contributed by atoms with van der Waals surface area (Å²) in [4.78, 5) is 0. The van der Waals surface area contributed by atoms with E-state index in [-0.39, 0.29) is 13.0 Å². The van der Waals surface area contributed by atoms with Crippen LogP contribution in [0.25, 0.3) is 11.1 Å². The molecule has 0 saturated heterocycles. The Kier molecular flexibility index (Phi) is 11.6. The second-order valence-electron chi connectivity index (χ2n) is 9.61. The highest BCUT2D eigenvalue weighted by Crippen LogP contribution is 2.37. The maximum atomic E-state index is 13.0. The molecule has 0 aromatic heterocycles. The highest BCUT2D eigenvalue weighted by molar-refractivity contribution is 9.10. The van der Waals surface area contributed by atoms with Crippen molar-refractivity contribution in [2.75, 3.05) is 0 Å².